The molecule has 0 fully saturated rings. The lowest BCUT2D eigenvalue weighted by Gasteiger charge is -2.29. The summed E-state index contributed by atoms with van der Waals surface area (Å²) in [6.45, 7) is 16.5. The van der Waals surface area contributed by atoms with Gasteiger partial charge in [-0.05, 0) is 40.5 Å². The lowest BCUT2D eigenvalue weighted by atomic mass is 9.86. The molecule has 0 unspecified atom stereocenters. The van der Waals surface area contributed by atoms with E-state index in [2.05, 4.69) is 13.8 Å². The van der Waals surface area contributed by atoms with Crippen LogP contribution in [0.15, 0.2) is 0 Å². The lowest BCUT2D eigenvalue weighted by molar-refractivity contribution is -0.163. The maximum Gasteiger partial charge on any atom is 0.311 e. The lowest BCUT2D eigenvalue weighted by Crippen LogP contribution is -2.35. The number of hydrogen-bond acceptors (Lipinski definition) is 4. The van der Waals surface area contributed by atoms with Gasteiger partial charge in [-0.25, -0.2) is 0 Å². The molecule has 0 rings (SSSR count). The first-order valence-corrected chi connectivity index (χ1v) is 10.7. The molecule has 4 heteroatoms. The molecule has 0 heterocycles. The molecule has 0 saturated heterocycles. The van der Waals surface area contributed by atoms with E-state index in [1.54, 1.807) is 0 Å². The highest BCUT2D eigenvalue weighted by molar-refractivity contribution is 5.76. The van der Waals surface area contributed by atoms with Crippen molar-refractivity contribution in [2.75, 3.05) is 13.2 Å². The van der Waals surface area contributed by atoms with Gasteiger partial charge in [0.05, 0.1) is 24.0 Å². The summed E-state index contributed by atoms with van der Waals surface area (Å²) in [6, 6.07) is 0. The van der Waals surface area contributed by atoms with Crippen LogP contribution in [0.25, 0.3) is 0 Å². The van der Waals surface area contributed by atoms with E-state index < -0.39 is 16.2 Å². The second kappa shape index (κ2) is 11.7. The van der Waals surface area contributed by atoms with Crippen molar-refractivity contribution < 1.29 is 19.1 Å². The highest BCUT2D eigenvalue weighted by atomic mass is 16.5. The fourth-order valence-electron chi connectivity index (χ4n) is 2.79. The maximum absolute atomic E-state index is 12.4. The SMILES string of the molecule is CCCCCC(C)(C)C(=O)OCC(C)(C)COC(=O)C(C)(C)CCCCC. The minimum absolute atomic E-state index is 0.169. The molecule has 4 nitrogen and oxygen atoms in total. The number of esters is 2. The smallest absolute Gasteiger partial charge is 0.311 e. The van der Waals surface area contributed by atoms with Gasteiger partial charge in [-0.2, -0.15) is 0 Å². The van der Waals surface area contributed by atoms with Crippen LogP contribution >= 0.6 is 0 Å². The Balaban J connectivity index is 4.43. The number of carbonyl (C=O) groups excluding carboxylic acids is 2. The fraction of sp³-hybridized carbons (Fsp3) is 0.913. The van der Waals surface area contributed by atoms with E-state index in [-0.39, 0.29) is 25.2 Å². The van der Waals surface area contributed by atoms with E-state index >= 15 is 0 Å². The molecule has 160 valence electrons. The predicted molar refractivity (Wildman–Crippen MR) is 112 cm³/mol. The summed E-state index contributed by atoms with van der Waals surface area (Å²) < 4.78 is 11.1. The first kappa shape index (κ1) is 25.9. The van der Waals surface area contributed by atoms with Gasteiger partial charge in [0.1, 0.15) is 0 Å². The standard InChI is InChI=1S/C23H44O4/c1-9-11-13-15-22(5,6)19(24)26-17-21(3,4)18-27-20(25)23(7,8)16-14-12-10-2/h9-18H2,1-8H3. The zero-order chi connectivity index (χ0) is 21.1. The molecule has 27 heavy (non-hydrogen) atoms. The van der Waals surface area contributed by atoms with Crippen molar-refractivity contribution in [1.82, 2.24) is 0 Å². The molecule has 0 aromatic rings. The van der Waals surface area contributed by atoms with Crippen molar-refractivity contribution in [2.24, 2.45) is 16.2 Å². The molecular weight excluding hydrogens is 340 g/mol. The largest absolute Gasteiger partial charge is 0.465 e. The van der Waals surface area contributed by atoms with Crippen LogP contribution in [0.2, 0.25) is 0 Å². The quantitative estimate of drug-likeness (QED) is 0.260. The molecule has 0 spiro atoms. The van der Waals surface area contributed by atoms with Gasteiger partial charge in [-0.15, -0.1) is 0 Å². The molecule has 0 atom stereocenters. The molecule has 0 radical (unpaired) electrons. The van der Waals surface area contributed by atoms with Gasteiger partial charge in [0.25, 0.3) is 0 Å². The third kappa shape index (κ3) is 10.8. The Morgan fingerprint density at radius 2 is 0.963 bits per heavy atom. The monoisotopic (exact) mass is 384 g/mol. The normalized spacial score (nSPS) is 12.7. The molecule has 0 bridgehead atoms. The van der Waals surface area contributed by atoms with Gasteiger partial charge in [0.15, 0.2) is 0 Å². The van der Waals surface area contributed by atoms with Crippen LogP contribution in [-0.2, 0) is 19.1 Å². The fourth-order valence-corrected chi connectivity index (χ4v) is 2.79. The Hall–Kier alpha value is -1.06. The van der Waals surface area contributed by atoms with Gasteiger partial charge in [-0.1, -0.05) is 66.2 Å². The summed E-state index contributed by atoms with van der Waals surface area (Å²) in [5, 5.41) is 0. The highest BCUT2D eigenvalue weighted by Gasteiger charge is 2.33. The second-order valence-electron chi connectivity index (χ2n) is 10.00. The van der Waals surface area contributed by atoms with Crippen LogP contribution < -0.4 is 0 Å². The summed E-state index contributed by atoms with van der Waals surface area (Å²) >= 11 is 0. The van der Waals surface area contributed by atoms with Crippen molar-refractivity contribution >= 4 is 11.9 Å². The van der Waals surface area contributed by atoms with Crippen molar-refractivity contribution in [2.45, 2.75) is 107 Å². The Morgan fingerprint density at radius 3 is 1.26 bits per heavy atom. The average molecular weight is 385 g/mol. The minimum atomic E-state index is -0.469. The highest BCUT2D eigenvalue weighted by Crippen LogP contribution is 2.29. The van der Waals surface area contributed by atoms with Crippen molar-refractivity contribution in [1.29, 1.82) is 0 Å². The summed E-state index contributed by atoms with van der Waals surface area (Å²) in [5.41, 5.74) is -1.34. The summed E-state index contributed by atoms with van der Waals surface area (Å²) in [7, 11) is 0. The van der Waals surface area contributed by atoms with Gasteiger partial charge in [0, 0.05) is 5.41 Å². The molecule has 0 saturated carbocycles. The van der Waals surface area contributed by atoms with E-state index in [1.165, 1.54) is 0 Å². The van der Waals surface area contributed by atoms with Gasteiger partial charge in [0.2, 0.25) is 0 Å². The van der Waals surface area contributed by atoms with E-state index in [4.69, 9.17) is 9.47 Å². The third-order valence-corrected chi connectivity index (χ3v) is 5.10. The van der Waals surface area contributed by atoms with E-state index in [9.17, 15) is 9.59 Å². The molecule has 0 aliphatic carbocycles. The van der Waals surface area contributed by atoms with Gasteiger partial charge < -0.3 is 9.47 Å². The Kier molecular flexibility index (Phi) is 11.2. The zero-order valence-electron chi connectivity index (χ0n) is 19.2. The second-order valence-corrected chi connectivity index (χ2v) is 10.00. The number of unbranched alkanes of at least 4 members (excludes halogenated alkanes) is 4. The molecule has 0 aromatic carbocycles. The Morgan fingerprint density at radius 1 is 0.630 bits per heavy atom. The number of carbonyl (C=O) groups is 2. The van der Waals surface area contributed by atoms with E-state index in [1.807, 2.05) is 41.5 Å². The number of ether oxygens (including phenoxy) is 2. The van der Waals surface area contributed by atoms with Crippen molar-refractivity contribution in [3.05, 3.63) is 0 Å². The third-order valence-electron chi connectivity index (χ3n) is 5.10. The topological polar surface area (TPSA) is 52.6 Å². The minimum Gasteiger partial charge on any atom is -0.465 e. The first-order chi connectivity index (χ1) is 12.4. The van der Waals surface area contributed by atoms with Crippen molar-refractivity contribution in [3.8, 4) is 0 Å². The molecule has 0 aliphatic rings. The van der Waals surface area contributed by atoms with Crippen LogP contribution in [0.1, 0.15) is 107 Å². The van der Waals surface area contributed by atoms with E-state index in [0.717, 1.165) is 51.4 Å². The van der Waals surface area contributed by atoms with Crippen LogP contribution in [0.5, 0.6) is 0 Å². The number of hydrogen-bond donors (Lipinski definition) is 0. The first-order valence-electron chi connectivity index (χ1n) is 10.7. The zero-order valence-corrected chi connectivity index (χ0v) is 19.2. The van der Waals surface area contributed by atoms with Crippen molar-refractivity contribution in [3.63, 3.8) is 0 Å². The number of rotatable bonds is 14. The molecule has 0 N–H and O–H groups in total. The van der Waals surface area contributed by atoms with Crippen LogP contribution in [0, 0.1) is 16.2 Å². The predicted octanol–water partition coefficient (Wildman–Crippen LogP) is 6.31. The molecule has 0 amide bonds. The van der Waals surface area contributed by atoms with Gasteiger partial charge in [-0.3, -0.25) is 9.59 Å². The maximum atomic E-state index is 12.4. The molecular formula is C23H44O4. The molecule has 0 aromatic heterocycles. The van der Waals surface area contributed by atoms with Crippen LogP contribution in [0.4, 0.5) is 0 Å². The van der Waals surface area contributed by atoms with Gasteiger partial charge >= 0.3 is 11.9 Å². The summed E-state index contributed by atoms with van der Waals surface area (Å²) in [4.78, 5) is 24.8. The average Bonchev–Trinajstić information content (AvgIpc) is 2.57. The Bertz CT molecular complexity index is 409. The summed E-state index contributed by atoms with van der Waals surface area (Å²) in [6.07, 6.45) is 8.27. The Labute approximate surface area is 167 Å². The molecule has 0 aliphatic heterocycles. The summed E-state index contributed by atoms with van der Waals surface area (Å²) in [5.74, 6) is -0.337. The van der Waals surface area contributed by atoms with Crippen LogP contribution in [-0.4, -0.2) is 25.2 Å². The van der Waals surface area contributed by atoms with Crippen LogP contribution in [0.3, 0.4) is 0 Å². The van der Waals surface area contributed by atoms with E-state index in [0.29, 0.717) is 0 Å².